The second-order valence-corrected chi connectivity index (χ2v) is 6.01. The van der Waals surface area contributed by atoms with Crippen molar-refractivity contribution in [2.24, 2.45) is 14.1 Å². The molecule has 0 aliphatic carbocycles. The Bertz CT molecular complexity index is 1060. The first-order valence-electron chi connectivity index (χ1n) is 7.18. The van der Waals surface area contributed by atoms with Gasteiger partial charge in [0.2, 0.25) is 5.95 Å². The molecule has 8 heteroatoms. The Morgan fingerprint density at radius 1 is 1.13 bits per heavy atom. The van der Waals surface area contributed by atoms with Gasteiger partial charge in [-0.25, -0.2) is 4.79 Å². The zero-order valence-corrected chi connectivity index (χ0v) is 13.4. The highest BCUT2D eigenvalue weighted by Gasteiger charge is 2.28. The average molecular weight is 332 g/mol. The molecular formula is C15H14ClN5O2. The first-order valence-corrected chi connectivity index (χ1v) is 7.56. The van der Waals surface area contributed by atoms with E-state index >= 15 is 0 Å². The van der Waals surface area contributed by atoms with Crippen molar-refractivity contribution in [1.82, 2.24) is 18.7 Å². The van der Waals surface area contributed by atoms with Gasteiger partial charge in [0.25, 0.3) is 5.56 Å². The van der Waals surface area contributed by atoms with Crippen LogP contribution in [0.15, 0.2) is 33.9 Å². The van der Waals surface area contributed by atoms with E-state index in [9.17, 15) is 9.59 Å². The van der Waals surface area contributed by atoms with Crippen LogP contribution in [-0.2, 0) is 20.6 Å². The van der Waals surface area contributed by atoms with Gasteiger partial charge >= 0.3 is 5.69 Å². The third kappa shape index (κ3) is 1.86. The van der Waals surface area contributed by atoms with E-state index in [1.165, 1.54) is 11.6 Å². The summed E-state index contributed by atoms with van der Waals surface area (Å²) in [6, 6.07) is 7.48. The van der Waals surface area contributed by atoms with Gasteiger partial charge in [0.1, 0.15) is 0 Å². The lowest BCUT2D eigenvalue weighted by atomic mass is 10.3. The van der Waals surface area contributed by atoms with Crippen molar-refractivity contribution in [3.63, 3.8) is 0 Å². The van der Waals surface area contributed by atoms with Crippen LogP contribution in [0.5, 0.6) is 0 Å². The highest BCUT2D eigenvalue weighted by atomic mass is 35.5. The molecule has 7 nitrogen and oxygen atoms in total. The summed E-state index contributed by atoms with van der Waals surface area (Å²) < 4.78 is 4.37. The van der Waals surface area contributed by atoms with E-state index in [0.29, 0.717) is 35.2 Å². The van der Waals surface area contributed by atoms with Gasteiger partial charge in [-0.05, 0) is 18.2 Å². The smallest absolute Gasteiger partial charge is 0.310 e. The Labute approximate surface area is 136 Å². The summed E-state index contributed by atoms with van der Waals surface area (Å²) in [4.78, 5) is 31.1. The molecule has 0 N–H and O–H groups in total. The summed E-state index contributed by atoms with van der Waals surface area (Å²) in [5, 5.41) is 0.639. The van der Waals surface area contributed by atoms with Gasteiger partial charge in [0.15, 0.2) is 11.2 Å². The fraction of sp³-hybridized carbons (Fsp3) is 0.267. The van der Waals surface area contributed by atoms with Gasteiger partial charge in [0, 0.05) is 37.9 Å². The first-order chi connectivity index (χ1) is 11.0. The number of nitrogens with zero attached hydrogens (tertiary/aromatic N) is 5. The fourth-order valence-corrected chi connectivity index (χ4v) is 3.23. The van der Waals surface area contributed by atoms with Crippen molar-refractivity contribution in [1.29, 1.82) is 0 Å². The third-order valence-electron chi connectivity index (χ3n) is 4.24. The predicted molar refractivity (Wildman–Crippen MR) is 88.7 cm³/mol. The van der Waals surface area contributed by atoms with Crippen molar-refractivity contribution in [2.45, 2.75) is 6.54 Å². The van der Waals surface area contributed by atoms with Crippen molar-refractivity contribution < 1.29 is 0 Å². The van der Waals surface area contributed by atoms with Crippen LogP contribution in [0.25, 0.3) is 11.2 Å². The molecule has 0 atom stereocenters. The van der Waals surface area contributed by atoms with Crippen LogP contribution in [0.1, 0.15) is 0 Å². The summed E-state index contributed by atoms with van der Waals surface area (Å²) in [7, 11) is 3.10. The van der Waals surface area contributed by atoms with E-state index in [1.54, 1.807) is 7.05 Å². The van der Waals surface area contributed by atoms with Crippen molar-refractivity contribution in [3.8, 4) is 0 Å². The lowest BCUT2D eigenvalue weighted by molar-refractivity contribution is 0.700. The Morgan fingerprint density at radius 2 is 1.91 bits per heavy atom. The molecule has 0 radical (unpaired) electrons. The zero-order valence-electron chi connectivity index (χ0n) is 12.7. The summed E-state index contributed by atoms with van der Waals surface area (Å²) in [6.45, 7) is 1.33. The van der Waals surface area contributed by atoms with Crippen LogP contribution in [0, 0.1) is 0 Å². The van der Waals surface area contributed by atoms with E-state index in [-0.39, 0.29) is 11.2 Å². The van der Waals surface area contributed by atoms with E-state index in [0.717, 1.165) is 10.3 Å². The van der Waals surface area contributed by atoms with E-state index in [4.69, 9.17) is 11.6 Å². The number of hydrogen-bond donors (Lipinski definition) is 0. The first kappa shape index (κ1) is 14.1. The molecule has 2 aromatic heterocycles. The molecule has 0 saturated carbocycles. The van der Waals surface area contributed by atoms with E-state index < -0.39 is 0 Å². The highest BCUT2D eigenvalue weighted by Crippen LogP contribution is 2.32. The van der Waals surface area contributed by atoms with E-state index in [2.05, 4.69) is 4.98 Å². The van der Waals surface area contributed by atoms with Crippen molar-refractivity contribution in [3.05, 3.63) is 50.1 Å². The molecule has 1 aliphatic rings. The van der Waals surface area contributed by atoms with Crippen LogP contribution in [0.2, 0.25) is 5.02 Å². The second kappa shape index (κ2) is 4.73. The fourth-order valence-electron chi connectivity index (χ4n) is 3.04. The minimum absolute atomic E-state index is 0.324. The number of benzene rings is 1. The Balaban J connectivity index is 2.01. The molecule has 0 bridgehead atoms. The number of imidazole rings is 1. The Hall–Kier alpha value is -2.54. The number of rotatable bonds is 1. The normalized spacial score (nSPS) is 13.8. The lowest BCUT2D eigenvalue weighted by Crippen LogP contribution is -2.37. The quantitative estimate of drug-likeness (QED) is 0.673. The van der Waals surface area contributed by atoms with Gasteiger partial charge in [0.05, 0.1) is 0 Å². The molecule has 118 valence electrons. The van der Waals surface area contributed by atoms with E-state index in [1.807, 2.05) is 33.7 Å². The van der Waals surface area contributed by atoms with Crippen LogP contribution >= 0.6 is 11.6 Å². The topological polar surface area (TPSA) is 65.1 Å². The van der Waals surface area contributed by atoms with Crippen molar-refractivity contribution >= 4 is 34.4 Å². The number of halogens is 1. The highest BCUT2D eigenvalue weighted by molar-refractivity contribution is 6.30. The maximum absolute atomic E-state index is 12.5. The standard InChI is InChI=1S/C15H14ClN5O2/c1-18-12-11(13(22)19(2)15(18)23)21-7-6-20(14(21)17-12)10-5-3-4-9(16)8-10/h3-5,8H,6-7H2,1-2H3. The molecule has 0 amide bonds. The minimum atomic E-state index is -0.381. The average Bonchev–Trinajstić information content (AvgIpc) is 3.09. The summed E-state index contributed by atoms with van der Waals surface area (Å²) in [5.41, 5.74) is 1.06. The van der Waals surface area contributed by atoms with Crippen molar-refractivity contribution in [2.75, 3.05) is 11.4 Å². The number of fused-ring (bicyclic) bond motifs is 3. The van der Waals surface area contributed by atoms with Gasteiger partial charge in [-0.3, -0.25) is 13.9 Å². The molecular weight excluding hydrogens is 318 g/mol. The molecule has 0 unspecified atom stereocenters. The molecule has 1 aliphatic heterocycles. The number of hydrogen-bond acceptors (Lipinski definition) is 4. The summed E-state index contributed by atoms with van der Waals surface area (Å²) in [6.07, 6.45) is 0. The van der Waals surface area contributed by atoms with Crippen LogP contribution in [0.4, 0.5) is 11.6 Å². The maximum Gasteiger partial charge on any atom is 0.332 e. The van der Waals surface area contributed by atoms with Crippen LogP contribution < -0.4 is 16.1 Å². The molecule has 4 rings (SSSR count). The van der Waals surface area contributed by atoms with Gasteiger partial charge in [-0.2, -0.15) is 4.98 Å². The maximum atomic E-state index is 12.5. The van der Waals surface area contributed by atoms with Crippen LogP contribution in [-0.4, -0.2) is 25.2 Å². The monoisotopic (exact) mass is 331 g/mol. The Kier molecular flexibility index (Phi) is 2.89. The largest absolute Gasteiger partial charge is 0.332 e. The molecule has 0 saturated heterocycles. The number of aryl methyl sites for hydroxylation is 1. The third-order valence-corrected chi connectivity index (χ3v) is 4.47. The van der Waals surface area contributed by atoms with Gasteiger partial charge in [-0.15, -0.1) is 0 Å². The summed E-state index contributed by atoms with van der Waals surface area (Å²) >= 11 is 6.07. The molecule has 1 aromatic carbocycles. The minimum Gasteiger partial charge on any atom is -0.310 e. The van der Waals surface area contributed by atoms with Gasteiger partial charge < -0.3 is 9.47 Å². The number of anilines is 2. The summed E-state index contributed by atoms with van der Waals surface area (Å²) in [5.74, 6) is 0.653. The van der Waals surface area contributed by atoms with Crippen LogP contribution in [0.3, 0.4) is 0 Å². The zero-order chi connectivity index (χ0) is 16.3. The lowest BCUT2D eigenvalue weighted by Gasteiger charge is -2.16. The number of aromatic nitrogens is 4. The Morgan fingerprint density at radius 3 is 2.65 bits per heavy atom. The molecule has 3 heterocycles. The SMILES string of the molecule is Cn1c(=O)c2c(nc3n2CCN3c2cccc(Cl)c2)n(C)c1=O. The predicted octanol–water partition coefficient (Wildman–Crippen LogP) is 1.24. The second-order valence-electron chi connectivity index (χ2n) is 5.57. The molecule has 3 aromatic rings. The molecule has 0 fully saturated rings. The molecule has 0 spiro atoms. The van der Waals surface area contributed by atoms with Gasteiger partial charge in [-0.1, -0.05) is 17.7 Å². The molecule has 23 heavy (non-hydrogen) atoms.